The first kappa shape index (κ1) is 14.1. The molecular formula is C15H20N4O. The van der Waals surface area contributed by atoms with Gasteiger partial charge in [-0.25, -0.2) is 4.98 Å². The predicted molar refractivity (Wildman–Crippen MR) is 80.5 cm³/mol. The third-order valence-electron chi connectivity index (χ3n) is 3.14. The number of carbonyl (C=O) groups is 1. The topological polar surface area (TPSA) is 72.9 Å². The van der Waals surface area contributed by atoms with Crippen molar-refractivity contribution in [1.29, 1.82) is 0 Å². The summed E-state index contributed by atoms with van der Waals surface area (Å²) in [6, 6.07) is 5.51. The largest absolute Gasteiger partial charge is 0.398 e. The van der Waals surface area contributed by atoms with E-state index >= 15 is 0 Å². The molecule has 0 spiro atoms. The minimum absolute atomic E-state index is 0.0897. The van der Waals surface area contributed by atoms with Crippen molar-refractivity contribution < 1.29 is 4.79 Å². The van der Waals surface area contributed by atoms with E-state index in [1.54, 1.807) is 12.3 Å². The second-order valence-electron chi connectivity index (χ2n) is 5.19. The number of nitrogens with one attached hydrogen (secondary N) is 1. The molecule has 0 unspecified atom stereocenters. The maximum atomic E-state index is 12.1. The minimum Gasteiger partial charge on any atom is -0.398 e. The molecule has 0 bridgehead atoms. The number of hydrogen-bond donors (Lipinski definition) is 2. The molecule has 0 saturated heterocycles. The molecule has 5 nitrogen and oxygen atoms in total. The number of nitrogens with zero attached hydrogens (tertiary/aromatic N) is 2. The standard InChI is InChI=1S/C15H20N4O/c1-10(2)15-17-6-7-19(15)9-14(20)18-12-5-4-11(3)13(16)8-12/h4-8,10H,9,16H2,1-3H3,(H,18,20). The van der Waals surface area contributed by atoms with E-state index in [2.05, 4.69) is 24.1 Å². The molecule has 2 aromatic rings. The molecule has 0 saturated carbocycles. The van der Waals surface area contributed by atoms with E-state index in [1.165, 1.54) is 0 Å². The van der Waals surface area contributed by atoms with Gasteiger partial charge in [0.25, 0.3) is 0 Å². The van der Waals surface area contributed by atoms with Crippen molar-refractivity contribution in [1.82, 2.24) is 9.55 Å². The number of amides is 1. The van der Waals surface area contributed by atoms with Gasteiger partial charge in [0.15, 0.2) is 0 Å². The van der Waals surface area contributed by atoms with Crippen LogP contribution in [0.1, 0.15) is 31.2 Å². The van der Waals surface area contributed by atoms with E-state index in [0.29, 0.717) is 11.4 Å². The van der Waals surface area contributed by atoms with Gasteiger partial charge >= 0.3 is 0 Å². The van der Waals surface area contributed by atoms with E-state index in [-0.39, 0.29) is 18.4 Å². The first-order valence-corrected chi connectivity index (χ1v) is 6.64. The fraction of sp³-hybridized carbons (Fsp3) is 0.333. The molecule has 0 fully saturated rings. The van der Waals surface area contributed by atoms with Crippen LogP contribution in [-0.2, 0) is 11.3 Å². The molecule has 2 rings (SSSR count). The van der Waals surface area contributed by atoms with Gasteiger partial charge in [-0.2, -0.15) is 0 Å². The number of aromatic nitrogens is 2. The van der Waals surface area contributed by atoms with E-state index < -0.39 is 0 Å². The lowest BCUT2D eigenvalue weighted by Crippen LogP contribution is -2.20. The molecule has 5 heteroatoms. The van der Waals surface area contributed by atoms with Gasteiger partial charge in [0, 0.05) is 29.7 Å². The van der Waals surface area contributed by atoms with Crippen LogP contribution < -0.4 is 11.1 Å². The molecule has 1 aromatic heterocycles. The fourth-order valence-electron chi connectivity index (χ4n) is 2.03. The van der Waals surface area contributed by atoms with Gasteiger partial charge in [-0.3, -0.25) is 4.79 Å². The van der Waals surface area contributed by atoms with Crippen molar-refractivity contribution >= 4 is 17.3 Å². The monoisotopic (exact) mass is 272 g/mol. The van der Waals surface area contributed by atoms with E-state index in [1.807, 2.05) is 29.8 Å². The highest BCUT2D eigenvalue weighted by Gasteiger charge is 2.10. The fourth-order valence-corrected chi connectivity index (χ4v) is 2.03. The third kappa shape index (κ3) is 3.17. The average Bonchev–Trinajstić information content (AvgIpc) is 2.82. The quantitative estimate of drug-likeness (QED) is 0.840. The number of aryl methyl sites for hydroxylation is 1. The molecule has 0 atom stereocenters. The van der Waals surface area contributed by atoms with Gasteiger partial charge in [-0.15, -0.1) is 0 Å². The molecule has 106 valence electrons. The van der Waals surface area contributed by atoms with Gasteiger partial charge in [0.2, 0.25) is 5.91 Å². The Hall–Kier alpha value is -2.30. The Bertz CT molecular complexity index is 616. The number of hydrogen-bond acceptors (Lipinski definition) is 3. The van der Waals surface area contributed by atoms with Crippen LogP contribution in [0, 0.1) is 6.92 Å². The molecule has 0 radical (unpaired) electrons. The zero-order valence-corrected chi connectivity index (χ0v) is 12.1. The SMILES string of the molecule is Cc1ccc(NC(=O)Cn2ccnc2C(C)C)cc1N. The van der Waals surface area contributed by atoms with E-state index in [0.717, 1.165) is 11.4 Å². The van der Waals surface area contributed by atoms with Crippen LogP contribution in [0.2, 0.25) is 0 Å². The third-order valence-corrected chi connectivity index (χ3v) is 3.14. The van der Waals surface area contributed by atoms with E-state index in [9.17, 15) is 4.79 Å². The normalized spacial score (nSPS) is 10.8. The highest BCUT2D eigenvalue weighted by molar-refractivity contribution is 5.91. The van der Waals surface area contributed by atoms with Crippen molar-refractivity contribution in [3.05, 3.63) is 42.0 Å². The number of benzene rings is 1. The lowest BCUT2D eigenvalue weighted by atomic mass is 10.2. The van der Waals surface area contributed by atoms with Crippen molar-refractivity contribution in [3.8, 4) is 0 Å². The maximum Gasteiger partial charge on any atom is 0.244 e. The van der Waals surface area contributed by atoms with Crippen molar-refractivity contribution in [3.63, 3.8) is 0 Å². The summed E-state index contributed by atoms with van der Waals surface area (Å²) >= 11 is 0. The second-order valence-corrected chi connectivity index (χ2v) is 5.19. The Kier molecular flexibility index (Phi) is 4.08. The number of nitrogens with two attached hydrogens (primary N) is 1. The molecule has 0 aliphatic rings. The second kappa shape index (κ2) is 5.77. The number of imidazole rings is 1. The zero-order valence-electron chi connectivity index (χ0n) is 12.1. The summed E-state index contributed by atoms with van der Waals surface area (Å²) in [5, 5.41) is 2.85. The van der Waals surface area contributed by atoms with Crippen molar-refractivity contribution in [2.24, 2.45) is 0 Å². The predicted octanol–water partition coefficient (Wildman–Crippen LogP) is 2.54. The van der Waals surface area contributed by atoms with Gasteiger partial charge in [0.1, 0.15) is 12.4 Å². The van der Waals surface area contributed by atoms with Crippen LogP contribution in [0.25, 0.3) is 0 Å². The summed E-state index contributed by atoms with van der Waals surface area (Å²) in [5.74, 6) is 1.10. The smallest absolute Gasteiger partial charge is 0.244 e. The van der Waals surface area contributed by atoms with Gasteiger partial charge < -0.3 is 15.6 Å². The number of anilines is 2. The Morgan fingerprint density at radius 2 is 2.20 bits per heavy atom. The summed E-state index contributed by atoms with van der Waals surface area (Å²) < 4.78 is 1.86. The van der Waals surface area contributed by atoms with Gasteiger partial charge in [-0.1, -0.05) is 19.9 Å². The first-order valence-electron chi connectivity index (χ1n) is 6.64. The number of rotatable bonds is 4. The number of nitrogen functional groups attached to an aromatic ring is 1. The molecule has 1 heterocycles. The number of carbonyl (C=O) groups excluding carboxylic acids is 1. The van der Waals surface area contributed by atoms with Gasteiger partial charge in [-0.05, 0) is 24.6 Å². The van der Waals surface area contributed by atoms with E-state index in [4.69, 9.17) is 5.73 Å². The van der Waals surface area contributed by atoms with Crippen LogP contribution in [-0.4, -0.2) is 15.5 Å². The molecule has 20 heavy (non-hydrogen) atoms. The molecule has 0 aliphatic heterocycles. The average molecular weight is 272 g/mol. The Labute approximate surface area is 118 Å². The summed E-state index contributed by atoms with van der Waals surface area (Å²) in [6.07, 6.45) is 3.53. The Balaban J connectivity index is 2.05. The van der Waals surface area contributed by atoms with Crippen LogP contribution in [0.4, 0.5) is 11.4 Å². The Morgan fingerprint density at radius 3 is 2.85 bits per heavy atom. The molecule has 1 amide bonds. The van der Waals surface area contributed by atoms with Crippen LogP contribution in [0.3, 0.4) is 0 Å². The van der Waals surface area contributed by atoms with Crippen LogP contribution in [0.15, 0.2) is 30.6 Å². The highest BCUT2D eigenvalue weighted by atomic mass is 16.1. The van der Waals surface area contributed by atoms with Crippen molar-refractivity contribution in [2.75, 3.05) is 11.1 Å². The van der Waals surface area contributed by atoms with Crippen molar-refractivity contribution in [2.45, 2.75) is 33.2 Å². The summed E-state index contributed by atoms with van der Waals surface area (Å²) in [7, 11) is 0. The first-order chi connectivity index (χ1) is 9.47. The maximum absolute atomic E-state index is 12.1. The summed E-state index contributed by atoms with van der Waals surface area (Å²) in [4.78, 5) is 16.3. The minimum atomic E-state index is -0.0897. The summed E-state index contributed by atoms with van der Waals surface area (Å²) in [5.41, 5.74) is 8.22. The van der Waals surface area contributed by atoms with Crippen LogP contribution >= 0.6 is 0 Å². The molecule has 1 aromatic carbocycles. The molecule has 3 N–H and O–H groups in total. The molecule has 0 aliphatic carbocycles. The highest BCUT2D eigenvalue weighted by Crippen LogP contribution is 2.17. The molecular weight excluding hydrogens is 252 g/mol. The van der Waals surface area contributed by atoms with Crippen LogP contribution in [0.5, 0.6) is 0 Å². The lowest BCUT2D eigenvalue weighted by molar-refractivity contribution is -0.116. The summed E-state index contributed by atoms with van der Waals surface area (Å²) in [6.45, 7) is 6.29. The lowest BCUT2D eigenvalue weighted by Gasteiger charge is -2.11. The Morgan fingerprint density at radius 1 is 1.45 bits per heavy atom. The zero-order chi connectivity index (χ0) is 14.7. The van der Waals surface area contributed by atoms with Gasteiger partial charge in [0.05, 0.1) is 0 Å².